The molecular formula is C14H18N4O2. The maximum Gasteiger partial charge on any atom is 0.269 e. The second-order valence-corrected chi connectivity index (χ2v) is 4.71. The van der Waals surface area contributed by atoms with Crippen molar-refractivity contribution in [1.29, 1.82) is 0 Å². The first-order chi connectivity index (χ1) is 9.60. The maximum atomic E-state index is 12.0. The van der Waals surface area contributed by atoms with E-state index in [4.69, 9.17) is 4.74 Å². The molecule has 0 fully saturated rings. The molecule has 0 bridgehead atoms. The van der Waals surface area contributed by atoms with Crippen LogP contribution >= 0.6 is 0 Å². The van der Waals surface area contributed by atoms with E-state index < -0.39 is 0 Å². The lowest BCUT2D eigenvalue weighted by atomic mass is 10.2. The number of nitrogens with one attached hydrogen (secondary N) is 1. The molecule has 0 saturated heterocycles. The molecule has 2 rings (SSSR count). The van der Waals surface area contributed by atoms with Crippen LogP contribution in [0.15, 0.2) is 35.4 Å². The van der Waals surface area contributed by atoms with E-state index in [1.54, 1.807) is 25.6 Å². The van der Waals surface area contributed by atoms with Crippen LogP contribution < -0.4 is 15.6 Å². The van der Waals surface area contributed by atoms with Crippen molar-refractivity contribution < 1.29 is 4.74 Å². The summed E-state index contributed by atoms with van der Waals surface area (Å²) in [4.78, 5) is 16.1. The lowest BCUT2D eigenvalue weighted by molar-refractivity contribution is 0.389. The molecule has 2 aromatic heterocycles. The van der Waals surface area contributed by atoms with Gasteiger partial charge in [-0.25, -0.2) is 9.67 Å². The van der Waals surface area contributed by atoms with Crippen LogP contribution in [0.5, 0.6) is 5.88 Å². The number of rotatable bonds is 5. The Hall–Kier alpha value is -2.37. The smallest absolute Gasteiger partial charge is 0.269 e. The molecule has 1 N–H and O–H groups in total. The van der Waals surface area contributed by atoms with Gasteiger partial charge in [-0.2, -0.15) is 5.10 Å². The minimum Gasteiger partial charge on any atom is -0.481 e. The van der Waals surface area contributed by atoms with Crippen LogP contribution in [0.4, 0.5) is 5.69 Å². The minimum absolute atomic E-state index is 0.165. The zero-order valence-electron chi connectivity index (χ0n) is 11.8. The van der Waals surface area contributed by atoms with Crippen molar-refractivity contribution >= 4 is 5.69 Å². The topological polar surface area (TPSA) is 69.0 Å². The Morgan fingerprint density at radius 3 is 2.90 bits per heavy atom. The van der Waals surface area contributed by atoms with E-state index in [9.17, 15) is 4.79 Å². The van der Waals surface area contributed by atoms with Crippen molar-refractivity contribution in [2.75, 3.05) is 12.4 Å². The molecular weight excluding hydrogens is 256 g/mol. The lowest BCUT2D eigenvalue weighted by Crippen LogP contribution is -2.24. The van der Waals surface area contributed by atoms with Gasteiger partial charge in [-0.15, -0.1) is 0 Å². The predicted molar refractivity (Wildman–Crippen MR) is 77.1 cm³/mol. The number of pyridine rings is 1. The predicted octanol–water partition coefficient (Wildman–Crippen LogP) is 1.52. The second kappa shape index (κ2) is 6.18. The molecule has 0 aliphatic heterocycles. The SMILES string of the molecule is COc1ncccc1Cn1ncc(NC(C)C)cc1=O. The first-order valence-corrected chi connectivity index (χ1v) is 6.41. The summed E-state index contributed by atoms with van der Waals surface area (Å²) < 4.78 is 6.55. The van der Waals surface area contributed by atoms with E-state index in [0.717, 1.165) is 11.3 Å². The third-order valence-electron chi connectivity index (χ3n) is 2.69. The summed E-state index contributed by atoms with van der Waals surface area (Å²) in [5.41, 5.74) is 1.37. The molecule has 0 atom stereocenters. The zero-order chi connectivity index (χ0) is 14.5. The highest BCUT2D eigenvalue weighted by Crippen LogP contribution is 2.14. The van der Waals surface area contributed by atoms with Gasteiger partial charge in [0.1, 0.15) is 0 Å². The summed E-state index contributed by atoms with van der Waals surface area (Å²) in [5, 5.41) is 7.31. The Morgan fingerprint density at radius 1 is 1.45 bits per heavy atom. The first kappa shape index (κ1) is 14.0. The van der Waals surface area contributed by atoms with E-state index in [-0.39, 0.29) is 11.6 Å². The van der Waals surface area contributed by atoms with Crippen LogP contribution in [0.25, 0.3) is 0 Å². The van der Waals surface area contributed by atoms with E-state index in [1.165, 1.54) is 10.7 Å². The first-order valence-electron chi connectivity index (χ1n) is 6.41. The molecule has 0 unspecified atom stereocenters. The van der Waals surface area contributed by atoms with Crippen LogP contribution in [0.2, 0.25) is 0 Å². The summed E-state index contributed by atoms with van der Waals surface area (Å²) in [6, 6.07) is 5.46. The molecule has 6 nitrogen and oxygen atoms in total. The van der Waals surface area contributed by atoms with Crippen LogP contribution in [0, 0.1) is 0 Å². The van der Waals surface area contributed by atoms with Crippen LogP contribution in [0.1, 0.15) is 19.4 Å². The van der Waals surface area contributed by atoms with Crippen molar-refractivity contribution in [3.8, 4) is 5.88 Å². The molecule has 2 aromatic rings. The Bertz CT molecular complexity index is 637. The van der Waals surface area contributed by atoms with Gasteiger partial charge in [0.2, 0.25) is 5.88 Å². The highest BCUT2D eigenvalue weighted by atomic mass is 16.5. The highest BCUT2D eigenvalue weighted by Gasteiger charge is 2.07. The fourth-order valence-corrected chi connectivity index (χ4v) is 1.85. The molecule has 0 aromatic carbocycles. The maximum absolute atomic E-state index is 12.0. The number of aromatic nitrogens is 3. The Kier molecular flexibility index (Phi) is 4.34. The molecule has 0 spiro atoms. The summed E-state index contributed by atoms with van der Waals surface area (Å²) in [6.07, 6.45) is 3.29. The number of anilines is 1. The molecule has 0 amide bonds. The lowest BCUT2D eigenvalue weighted by Gasteiger charge is -2.11. The van der Waals surface area contributed by atoms with Crippen molar-refractivity contribution in [1.82, 2.24) is 14.8 Å². The molecule has 20 heavy (non-hydrogen) atoms. The van der Waals surface area contributed by atoms with E-state index in [1.807, 2.05) is 19.9 Å². The zero-order valence-corrected chi connectivity index (χ0v) is 11.8. The standard InChI is InChI=1S/C14H18N4O2/c1-10(2)17-12-7-13(19)18(16-8-12)9-11-5-4-6-15-14(11)20-3/h4-8,10,17H,9H2,1-3H3. The summed E-state index contributed by atoms with van der Waals surface area (Å²) in [6.45, 7) is 4.34. The van der Waals surface area contributed by atoms with Gasteiger partial charge in [0.05, 0.1) is 25.5 Å². The molecule has 0 saturated carbocycles. The van der Waals surface area contributed by atoms with E-state index in [0.29, 0.717) is 12.4 Å². The number of nitrogens with zero attached hydrogens (tertiary/aromatic N) is 3. The molecule has 6 heteroatoms. The van der Waals surface area contributed by atoms with E-state index in [2.05, 4.69) is 15.4 Å². The third kappa shape index (κ3) is 3.34. The van der Waals surface area contributed by atoms with Crippen LogP contribution in [-0.4, -0.2) is 27.9 Å². The molecule has 0 radical (unpaired) electrons. The van der Waals surface area contributed by atoms with Gasteiger partial charge in [0.25, 0.3) is 5.56 Å². The number of hydrogen-bond acceptors (Lipinski definition) is 5. The highest BCUT2D eigenvalue weighted by molar-refractivity contribution is 5.39. The van der Waals surface area contributed by atoms with Gasteiger partial charge in [-0.3, -0.25) is 4.79 Å². The average Bonchev–Trinajstić information content (AvgIpc) is 2.42. The summed E-state index contributed by atoms with van der Waals surface area (Å²) in [5.74, 6) is 0.505. The normalized spacial score (nSPS) is 10.6. The van der Waals surface area contributed by atoms with E-state index >= 15 is 0 Å². The number of hydrogen-bond donors (Lipinski definition) is 1. The van der Waals surface area contributed by atoms with Gasteiger partial charge in [-0.1, -0.05) is 6.07 Å². The Morgan fingerprint density at radius 2 is 2.25 bits per heavy atom. The Balaban J connectivity index is 2.24. The minimum atomic E-state index is -0.165. The largest absolute Gasteiger partial charge is 0.481 e. The van der Waals surface area contributed by atoms with Gasteiger partial charge >= 0.3 is 0 Å². The second-order valence-electron chi connectivity index (χ2n) is 4.71. The van der Waals surface area contributed by atoms with Crippen LogP contribution in [-0.2, 0) is 6.54 Å². The molecule has 106 valence electrons. The van der Waals surface area contributed by atoms with Crippen molar-refractivity contribution in [3.05, 3.63) is 46.5 Å². The van der Waals surface area contributed by atoms with Gasteiger partial charge in [-0.05, 0) is 19.9 Å². The fraction of sp³-hybridized carbons (Fsp3) is 0.357. The van der Waals surface area contributed by atoms with Crippen molar-refractivity contribution in [3.63, 3.8) is 0 Å². The molecule has 2 heterocycles. The molecule has 0 aliphatic rings. The quantitative estimate of drug-likeness (QED) is 0.895. The monoisotopic (exact) mass is 274 g/mol. The van der Waals surface area contributed by atoms with Gasteiger partial charge in [0.15, 0.2) is 0 Å². The number of ether oxygens (including phenoxy) is 1. The Labute approximate surface area is 117 Å². The number of methoxy groups -OCH3 is 1. The molecule has 0 aliphatic carbocycles. The van der Waals surface area contributed by atoms with Gasteiger partial charge in [0, 0.05) is 23.9 Å². The van der Waals surface area contributed by atoms with Crippen molar-refractivity contribution in [2.24, 2.45) is 0 Å². The summed E-state index contributed by atoms with van der Waals surface area (Å²) >= 11 is 0. The summed E-state index contributed by atoms with van der Waals surface area (Å²) in [7, 11) is 1.55. The van der Waals surface area contributed by atoms with Gasteiger partial charge < -0.3 is 10.1 Å². The van der Waals surface area contributed by atoms with Crippen molar-refractivity contribution in [2.45, 2.75) is 26.4 Å². The average molecular weight is 274 g/mol. The third-order valence-corrected chi connectivity index (χ3v) is 2.69. The fourth-order valence-electron chi connectivity index (χ4n) is 1.85. The van der Waals surface area contributed by atoms with Crippen LogP contribution in [0.3, 0.4) is 0 Å².